The maximum absolute atomic E-state index is 12.9. The summed E-state index contributed by atoms with van der Waals surface area (Å²) in [5.74, 6) is -0.284. The summed E-state index contributed by atoms with van der Waals surface area (Å²) < 4.78 is 0. The van der Waals surface area contributed by atoms with Gasteiger partial charge >= 0.3 is 0 Å². The molecule has 3 aromatic rings. The molecule has 2 heterocycles. The molecule has 0 radical (unpaired) electrons. The lowest BCUT2D eigenvalue weighted by atomic mass is 10.1. The SMILES string of the molecule is O=C(Nc1ccccc1C(=O)N1CCCCC1)c1ccc(-c2ccccc2)[nH]1. The highest BCUT2D eigenvalue weighted by Crippen LogP contribution is 2.22. The second-order valence-electron chi connectivity index (χ2n) is 7.00. The molecule has 4 rings (SSSR count). The van der Waals surface area contributed by atoms with Crippen molar-refractivity contribution < 1.29 is 9.59 Å². The second-order valence-corrected chi connectivity index (χ2v) is 7.00. The van der Waals surface area contributed by atoms with E-state index in [1.165, 1.54) is 6.42 Å². The van der Waals surface area contributed by atoms with Gasteiger partial charge in [-0.15, -0.1) is 0 Å². The first-order chi connectivity index (χ1) is 13.7. The summed E-state index contributed by atoms with van der Waals surface area (Å²) in [7, 11) is 0. The van der Waals surface area contributed by atoms with Gasteiger partial charge in [0.1, 0.15) is 5.69 Å². The lowest BCUT2D eigenvalue weighted by Crippen LogP contribution is -2.36. The Balaban J connectivity index is 1.52. The quantitative estimate of drug-likeness (QED) is 0.704. The number of para-hydroxylation sites is 1. The van der Waals surface area contributed by atoms with Crippen molar-refractivity contribution in [3.05, 3.63) is 78.0 Å². The molecule has 5 nitrogen and oxygen atoms in total. The number of hydrogen-bond acceptors (Lipinski definition) is 2. The molecule has 0 spiro atoms. The summed E-state index contributed by atoms with van der Waals surface area (Å²) in [5.41, 5.74) is 3.43. The van der Waals surface area contributed by atoms with Crippen molar-refractivity contribution in [1.29, 1.82) is 0 Å². The molecule has 2 aromatic carbocycles. The van der Waals surface area contributed by atoms with Crippen molar-refractivity contribution in [2.24, 2.45) is 0 Å². The third-order valence-electron chi connectivity index (χ3n) is 5.06. The van der Waals surface area contributed by atoms with E-state index in [1.807, 2.05) is 53.4 Å². The number of piperidine rings is 1. The van der Waals surface area contributed by atoms with Crippen LogP contribution >= 0.6 is 0 Å². The van der Waals surface area contributed by atoms with Crippen LogP contribution in [0.3, 0.4) is 0 Å². The van der Waals surface area contributed by atoms with Crippen molar-refractivity contribution >= 4 is 17.5 Å². The Hall–Kier alpha value is -3.34. The van der Waals surface area contributed by atoms with Gasteiger partial charge in [-0.2, -0.15) is 0 Å². The molecule has 1 aromatic heterocycles. The lowest BCUT2D eigenvalue weighted by molar-refractivity contribution is 0.0725. The van der Waals surface area contributed by atoms with Crippen molar-refractivity contribution in [1.82, 2.24) is 9.88 Å². The van der Waals surface area contributed by atoms with Crippen molar-refractivity contribution in [3.63, 3.8) is 0 Å². The minimum Gasteiger partial charge on any atom is -0.351 e. The highest BCUT2D eigenvalue weighted by Gasteiger charge is 2.21. The van der Waals surface area contributed by atoms with Crippen molar-refractivity contribution in [3.8, 4) is 11.3 Å². The largest absolute Gasteiger partial charge is 0.351 e. The highest BCUT2D eigenvalue weighted by atomic mass is 16.2. The summed E-state index contributed by atoms with van der Waals surface area (Å²) in [6, 6.07) is 20.7. The molecule has 142 valence electrons. The van der Waals surface area contributed by atoms with E-state index in [-0.39, 0.29) is 11.8 Å². The molecule has 0 atom stereocenters. The molecule has 0 saturated carbocycles. The first-order valence-corrected chi connectivity index (χ1v) is 9.66. The minimum atomic E-state index is -0.263. The standard InChI is InChI=1S/C23H23N3O2/c27-22(21-14-13-19(24-21)17-9-3-1-4-10-17)25-20-12-6-5-11-18(20)23(28)26-15-7-2-8-16-26/h1,3-6,9-14,24H,2,7-8,15-16H2,(H,25,27). The average molecular weight is 373 g/mol. The molecule has 0 aliphatic carbocycles. The van der Waals surface area contributed by atoms with E-state index in [0.717, 1.165) is 37.2 Å². The number of aromatic nitrogens is 1. The summed E-state index contributed by atoms with van der Waals surface area (Å²) in [6.07, 6.45) is 3.23. The molecule has 2 N–H and O–H groups in total. The molecule has 1 aliphatic heterocycles. The molecule has 5 heteroatoms. The minimum absolute atomic E-state index is 0.0212. The number of amides is 2. The number of nitrogens with zero attached hydrogens (tertiary/aromatic N) is 1. The molecule has 1 saturated heterocycles. The van der Waals surface area contributed by atoms with E-state index in [1.54, 1.807) is 18.2 Å². The fourth-order valence-corrected chi connectivity index (χ4v) is 3.55. The van der Waals surface area contributed by atoms with Gasteiger partial charge in [-0.05, 0) is 49.1 Å². The first kappa shape index (κ1) is 18.0. The summed E-state index contributed by atoms with van der Waals surface area (Å²) in [4.78, 5) is 30.7. The topological polar surface area (TPSA) is 65.2 Å². The number of aromatic amines is 1. The molecule has 0 unspecified atom stereocenters. The third-order valence-corrected chi connectivity index (χ3v) is 5.06. The van der Waals surface area contributed by atoms with Crippen LogP contribution < -0.4 is 5.32 Å². The van der Waals surface area contributed by atoms with E-state index >= 15 is 0 Å². The number of hydrogen-bond donors (Lipinski definition) is 2. The van der Waals surface area contributed by atoms with Crippen LogP contribution in [0.5, 0.6) is 0 Å². The van der Waals surface area contributed by atoms with E-state index in [4.69, 9.17) is 0 Å². The van der Waals surface area contributed by atoms with Gasteiger partial charge in [-0.25, -0.2) is 0 Å². The van der Waals surface area contributed by atoms with Crippen LogP contribution in [0.25, 0.3) is 11.3 Å². The van der Waals surface area contributed by atoms with Crippen LogP contribution in [0, 0.1) is 0 Å². The maximum atomic E-state index is 12.9. The van der Waals surface area contributed by atoms with Crippen LogP contribution in [-0.2, 0) is 0 Å². The molecular formula is C23H23N3O2. The Kier molecular flexibility index (Phi) is 5.24. The maximum Gasteiger partial charge on any atom is 0.272 e. The zero-order valence-corrected chi connectivity index (χ0v) is 15.7. The fourth-order valence-electron chi connectivity index (χ4n) is 3.55. The number of rotatable bonds is 4. The van der Waals surface area contributed by atoms with Gasteiger partial charge in [0.05, 0.1) is 11.3 Å². The summed E-state index contributed by atoms with van der Waals surface area (Å²) in [5, 5.41) is 2.89. The Labute approximate surface area is 164 Å². The van der Waals surface area contributed by atoms with Crippen LogP contribution in [0.1, 0.15) is 40.1 Å². The van der Waals surface area contributed by atoms with Gasteiger partial charge in [-0.1, -0.05) is 42.5 Å². The Morgan fingerprint density at radius 2 is 1.54 bits per heavy atom. The summed E-state index contributed by atoms with van der Waals surface area (Å²) >= 11 is 0. The molecule has 0 bridgehead atoms. The van der Waals surface area contributed by atoms with Gasteiger partial charge in [0.15, 0.2) is 0 Å². The molecule has 28 heavy (non-hydrogen) atoms. The van der Waals surface area contributed by atoms with Crippen molar-refractivity contribution in [2.45, 2.75) is 19.3 Å². The second kappa shape index (κ2) is 8.13. The van der Waals surface area contributed by atoms with Crippen LogP contribution in [0.15, 0.2) is 66.7 Å². The number of nitrogens with one attached hydrogen (secondary N) is 2. The molecular weight excluding hydrogens is 350 g/mol. The van der Waals surface area contributed by atoms with E-state index in [2.05, 4.69) is 10.3 Å². The van der Waals surface area contributed by atoms with Crippen molar-refractivity contribution in [2.75, 3.05) is 18.4 Å². The zero-order valence-electron chi connectivity index (χ0n) is 15.7. The average Bonchev–Trinajstić information content (AvgIpc) is 3.25. The monoisotopic (exact) mass is 373 g/mol. The van der Waals surface area contributed by atoms with Gasteiger partial charge in [0.25, 0.3) is 11.8 Å². The Morgan fingerprint density at radius 1 is 0.821 bits per heavy atom. The normalized spacial score (nSPS) is 13.9. The van der Waals surface area contributed by atoms with Crippen LogP contribution in [0.2, 0.25) is 0 Å². The smallest absolute Gasteiger partial charge is 0.272 e. The summed E-state index contributed by atoms with van der Waals surface area (Å²) in [6.45, 7) is 1.55. The third kappa shape index (κ3) is 3.83. The van der Waals surface area contributed by atoms with Gasteiger partial charge in [-0.3, -0.25) is 9.59 Å². The molecule has 1 aliphatic rings. The number of likely N-dealkylation sites (tertiary alicyclic amines) is 1. The van der Waals surface area contributed by atoms with Gasteiger partial charge in [0, 0.05) is 18.8 Å². The number of H-pyrrole nitrogens is 1. The van der Waals surface area contributed by atoms with E-state index in [0.29, 0.717) is 16.9 Å². The van der Waals surface area contributed by atoms with E-state index < -0.39 is 0 Å². The lowest BCUT2D eigenvalue weighted by Gasteiger charge is -2.27. The molecule has 2 amide bonds. The predicted molar refractivity (Wildman–Crippen MR) is 110 cm³/mol. The Bertz CT molecular complexity index is 972. The predicted octanol–water partition coefficient (Wildman–Crippen LogP) is 4.56. The number of anilines is 1. The molecule has 1 fully saturated rings. The van der Waals surface area contributed by atoms with Gasteiger partial charge < -0.3 is 15.2 Å². The van der Waals surface area contributed by atoms with Crippen LogP contribution in [0.4, 0.5) is 5.69 Å². The van der Waals surface area contributed by atoms with Crippen LogP contribution in [-0.4, -0.2) is 34.8 Å². The highest BCUT2D eigenvalue weighted by molar-refractivity contribution is 6.08. The fraction of sp³-hybridized carbons (Fsp3) is 0.217. The van der Waals surface area contributed by atoms with Gasteiger partial charge in [0.2, 0.25) is 0 Å². The zero-order chi connectivity index (χ0) is 19.3. The number of benzene rings is 2. The van der Waals surface area contributed by atoms with E-state index in [9.17, 15) is 9.59 Å². The first-order valence-electron chi connectivity index (χ1n) is 9.66. The Morgan fingerprint density at radius 3 is 2.32 bits per heavy atom. The number of carbonyl (C=O) groups excluding carboxylic acids is 2. The number of carbonyl (C=O) groups is 2.